The van der Waals surface area contributed by atoms with Gasteiger partial charge in [-0.15, -0.1) is 0 Å². The normalized spacial score (nSPS) is 19.5. The van der Waals surface area contributed by atoms with Crippen molar-refractivity contribution in [3.63, 3.8) is 0 Å². The highest BCUT2D eigenvalue weighted by Crippen LogP contribution is 2.45. The van der Waals surface area contributed by atoms with E-state index in [0.29, 0.717) is 0 Å². The van der Waals surface area contributed by atoms with Crippen LogP contribution in [-0.2, 0) is 12.5 Å². The van der Waals surface area contributed by atoms with Crippen molar-refractivity contribution in [2.24, 2.45) is 7.05 Å². The third-order valence-electron chi connectivity index (χ3n) is 4.80. The average molecular weight is 340 g/mol. The molecule has 0 aliphatic heterocycles. The molecule has 0 spiro atoms. The molecule has 122 valence electrons. The Morgan fingerprint density at radius 1 is 1.33 bits per heavy atom. The molecule has 4 nitrogen and oxygen atoms in total. The highest BCUT2D eigenvalue weighted by Gasteiger charge is 2.38. The largest absolute Gasteiger partial charge is 0.442 e. The minimum Gasteiger partial charge on any atom is -0.442 e. The van der Waals surface area contributed by atoms with Crippen LogP contribution in [0.25, 0.3) is 17.5 Å². The molecule has 0 radical (unpaired) electrons. The Morgan fingerprint density at radius 2 is 2.17 bits per heavy atom. The number of fused-ring (bicyclic) bond motifs is 1. The van der Waals surface area contributed by atoms with Gasteiger partial charge in [-0.2, -0.15) is 5.10 Å². The van der Waals surface area contributed by atoms with E-state index in [0.717, 1.165) is 45.3 Å². The smallest absolute Gasteiger partial charge is 0.181 e. The van der Waals surface area contributed by atoms with Crippen LogP contribution in [0, 0.1) is 6.92 Å². The average Bonchev–Trinajstić information content (AvgIpc) is 3.14. The van der Waals surface area contributed by atoms with Gasteiger partial charge in [-0.3, -0.25) is 4.68 Å². The van der Waals surface area contributed by atoms with Gasteiger partial charge in [-0.1, -0.05) is 35.9 Å². The summed E-state index contributed by atoms with van der Waals surface area (Å²) < 4.78 is 7.37. The van der Waals surface area contributed by atoms with E-state index >= 15 is 0 Å². The van der Waals surface area contributed by atoms with Gasteiger partial charge in [0.25, 0.3) is 0 Å². The molecular formula is C19H18ClN3O. The number of aryl methyl sites for hydroxylation is 2. The van der Waals surface area contributed by atoms with E-state index in [1.165, 1.54) is 6.39 Å². The van der Waals surface area contributed by atoms with E-state index in [1.807, 2.05) is 24.7 Å². The summed E-state index contributed by atoms with van der Waals surface area (Å²) in [4.78, 5) is 4.03. The lowest BCUT2D eigenvalue weighted by molar-refractivity contribution is 0.541. The summed E-state index contributed by atoms with van der Waals surface area (Å²) >= 11 is 6.58. The van der Waals surface area contributed by atoms with E-state index in [2.05, 4.69) is 36.2 Å². The van der Waals surface area contributed by atoms with Crippen LogP contribution < -0.4 is 0 Å². The maximum absolute atomic E-state index is 6.58. The first-order valence-electron chi connectivity index (χ1n) is 7.90. The fourth-order valence-corrected chi connectivity index (χ4v) is 3.99. The fourth-order valence-electron chi connectivity index (χ4n) is 3.55. The summed E-state index contributed by atoms with van der Waals surface area (Å²) in [5, 5.41) is 5.60. The van der Waals surface area contributed by atoms with Crippen molar-refractivity contribution in [2.75, 3.05) is 0 Å². The predicted octanol–water partition coefficient (Wildman–Crippen LogP) is 4.76. The van der Waals surface area contributed by atoms with Crippen molar-refractivity contribution in [3.8, 4) is 11.5 Å². The number of oxazole rings is 1. The Kier molecular flexibility index (Phi) is 3.39. The second kappa shape index (κ2) is 5.35. The maximum Gasteiger partial charge on any atom is 0.181 e. The second-order valence-corrected chi connectivity index (χ2v) is 6.93. The molecule has 0 saturated carbocycles. The SMILES string of the molecule is Cc1ccc(C2(C)CC=Cc3c2nn(C)c3-c2cnco2)c(Cl)c1. The van der Waals surface area contributed by atoms with Gasteiger partial charge in [0.05, 0.1) is 11.9 Å². The van der Waals surface area contributed by atoms with E-state index in [9.17, 15) is 0 Å². The highest BCUT2D eigenvalue weighted by atomic mass is 35.5. The van der Waals surface area contributed by atoms with E-state index in [4.69, 9.17) is 21.1 Å². The van der Waals surface area contributed by atoms with Crippen LogP contribution in [0.1, 0.15) is 35.7 Å². The van der Waals surface area contributed by atoms with Crippen molar-refractivity contribution in [1.29, 1.82) is 0 Å². The van der Waals surface area contributed by atoms with E-state index < -0.39 is 0 Å². The summed E-state index contributed by atoms with van der Waals surface area (Å²) in [7, 11) is 1.93. The molecule has 2 aromatic heterocycles. The molecule has 2 heterocycles. The highest BCUT2D eigenvalue weighted by molar-refractivity contribution is 6.31. The second-order valence-electron chi connectivity index (χ2n) is 6.52. The van der Waals surface area contributed by atoms with Gasteiger partial charge in [-0.05, 0) is 37.5 Å². The van der Waals surface area contributed by atoms with Crippen molar-refractivity contribution < 1.29 is 4.42 Å². The van der Waals surface area contributed by atoms with Crippen molar-refractivity contribution in [3.05, 3.63) is 64.3 Å². The molecule has 1 unspecified atom stereocenters. The molecule has 5 heteroatoms. The third kappa shape index (κ3) is 2.13. The Bertz CT molecular complexity index is 940. The first-order chi connectivity index (χ1) is 11.5. The Balaban J connectivity index is 1.94. The minimum atomic E-state index is -0.273. The molecule has 1 aromatic carbocycles. The molecule has 4 rings (SSSR count). The van der Waals surface area contributed by atoms with Crippen LogP contribution in [0.3, 0.4) is 0 Å². The molecule has 3 aromatic rings. The molecule has 1 atom stereocenters. The predicted molar refractivity (Wildman–Crippen MR) is 95.0 cm³/mol. The zero-order valence-electron chi connectivity index (χ0n) is 13.9. The summed E-state index contributed by atoms with van der Waals surface area (Å²) in [6.07, 6.45) is 8.31. The van der Waals surface area contributed by atoms with Crippen LogP contribution in [0.15, 0.2) is 41.3 Å². The van der Waals surface area contributed by atoms with Crippen molar-refractivity contribution in [2.45, 2.75) is 25.7 Å². The molecule has 0 fully saturated rings. The monoisotopic (exact) mass is 339 g/mol. The lowest BCUT2D eigenvalue weighted by Crippen LogP contribution is -2.27. The fraction of sp³-hybridized carbons (Fsp3) is 0.263. The quantitative estimate of drug-likeness (QED) is 0.676. The zero-order valence-corrected chi connectivity index (χ0v) is 14.6. The third-order valence-corrected chi connectivity index (χ3v) is 5.11. The summed E-state index contributed by atoms with van der Waals surface area (Å²) in [5.74, 6) is 0.718. The first-order valence-corrected chi connectivity index (χ1v) is 8.28. The number of allylic oxidation sites excluding steroid dienone is 1. The Hall–Kier alpha value is -2.33. The molecule has 0 N–H and O–H groups in total. The van der Waals surface area contributed by atoms with Gasteiger partial charge in [0.1, 0.15) is 5.69 Å². The number of aromatic nitrogens is 3. The summed E-state index contributed by atoms with van der Waals surface area (Å²) in [5.41, 5.74) is 5.01. The van der Waals surface area contributed by atoms with Crippen LogP contribution in [0.4, 0.5) is 0 Å². The molecule has 0 amide bonds. The molecule has 1 aliphatic rings. The van der Waals surface area contributed by atoms with Crippen molar-refractivity contribution >= 4 is 17.7 Å². The van der Waals surface area contributed by atoms with Gasteiger partial charge in [-0.25, -0.2) is 4.98 Å². The van der Waals surface area contributed by atoms with Gasteiger partial charge in [0.2, 0.25) is 0 Å². The lowest BCUT2D eigenvalue weighted by atomic mass is 9.72. The Morgan fingerprint density at radius 3 is 2.88 bits per heavy atom. The Labute approximate surface area is 145 Å². The molecule has 1 aliphatic carbocycles. The summed E-state index contributed by atoms with van der Waals surface area (Å²) in [6, 6.07) is 6.23. The lowest BCUT2D eigenvalue weighted by Gasteiger charge is -2.31. The molecular weight excluding hydrogens is 322 g/mol. The topological polar surface area (TPSA) is 43.9 Å². The number of benzene rings is 1. The van der Waals surface area contributed by atoms with Gasteiger partial charge in [0.15, 0.2) is 12.2 Å². The standard InChI is InChI=1S/C19H18ClN3O/c1-12-6-7-14(15(20)9-12)19(2)8-4-5-13-17(16-10-21-11-24-16)23(3)22-18(13)19/h4-7,9-11H,8H2,1-3H3. The van der Waals surface area contributed by atoms with Gasteiger partial charge < -0.3 is 4.42 Å². The van der Waals surface area contributed by atoms with Crippen LogP contribution >= 0.6 is 11.6 Å². The molecule has 0 saturated heterocycles. The van der Waals surface area contributed by atoms with Gasteiger partial charge >= 0.3 is 0 Å². The number of nitrogens with zero attached hydrogens (tertiary/aromatic N) is 3. The first kappa shape index (κ1) is 15.2. The number of rotatable bonds is 2. The molecule has 0 bridgehead atoms. The minimum absolute atomic E-state index is 0.273. The van der Waals surface area contributed by atoms with Crippen molar-refractivity contribution in [1.82, 2.24) is 14.8 Å². The number of hydrogen-bond acceptors (Lipinski definition) is 3. The van der Waals surface area contributed by atoms with Crippen LogP contribution in [0.5, 0.6) is 0 Å². The number of hydrogen-bond donors (Lipinski definition) is 0. The molecule has 24 heavy (non-hydrogen) atoms. The van der Waals surface area contributed by atoms with Crippen LogP contribution in [-0.4, -0.2) is 14.8 Å². The zero-order chi connectivity index (χ0) is 16.9. The van der Waals surface area contributed by atoms with E-state index in [-0.39, 0.29) is 5.41 Å². The summed E-state index contributed by atoms with van der Waals surface area (Å²) in [6.45, 7) is 4.25. The van der Waals surface area contributed by atoms with Crippen LogP contribution in [0.2, 0.25) is 5.02 Å². The van der Waals surface area contributed by atoms with E-state index in [1.54, 1.807) is 6.20 Å². The van der Waals surface area contributed by atoms with Gasteiger partial charge in [0, 0.05) is 23.0 Å². The number of halogens is 1. The maximum atomic E-state index is 6.58.